The fourth-order valence-corrected chi connectivity index (χ4v) is 4.30. The molecule has 0 bridgehead atoms. The minimum Gasteiger partial charge on any atom is -0.507 e. The smallest absolute Gasteiger partial charge is 0.231 e. The van der Waals surface area contributed by atoms with Crippen molar-refractivity contribution in [3.05, 3.63) is 52.8 Å². The van der Waals surface area contributed by atoms with Crippen LogP contribution in [0.3, 0.4) is 0 Å². The number of phenolic OH excluding ortho intramolecular Hbond substituents is 3. The Labute approximate surface area is 193 Å². The number of allylic oxidation sites excluding steroid dienone is 2. The maximum Gasteiger partial charge on any atom is 0.231 e. The van der Waals surface area contributed by atoms with Gasteiger partial charge >= 0.3 is 0 Å². The fraction of sp³-hybridized carbons (Fsp3) is 0.375. The SMILES string of the molecule is COC1=C(c2ccc(O)c(O)c2)Cc2cc(OCCN3CCCCC3)cc(O)c2C1=O.Cl. The van der Waals surface area contributed by atoms with Crippen LogP contribution in [0.15, 0.2) is 36.1 Å². The van der Waals surface area contributed by atoms with Crippen LogP contribution in [-0.2, 0) is 11.2 Å². The molecule has 8 heteroatoms. The number of nitrogens with zero attached hydrogens (tertiary/aromatic N) is 1. The highest BCUT2D eigenvalue weighted by Crippen LogP contribution is 2.40. The molecule has 1 aliphatic heterocycles. The molecule has 0 unspecified atom stereocenters. The molecule has 0 spiro atoms. The molecule has 2 aromatic rings. The lowest BCUT2D eigenvalue weighted by atomic mass is 9.85. The van der Waals surface area contributed by atoms with Gasteiger partial charge in [0, 0.05) is 24.6 Å². The van der Waals surface area contributed by atoms with Crippen LogP contribution in [0.5, 0.6) is 23.0 Å². The van der Waals surface area contributed by atoms with Crippen molar-refractivity contribution in [2.75, 3.05) is 33.4 Å². The van der Waals surface area contributed by atoms with Gasteiger partial charge in [-0.15, -0.1) is 12.4 Å². The summed E-state index contributed by atoms with van der Waals surface area (Å²) in [7, 11) is 1.40. The van der Waals surface area contributed by atoms with Gasteiger partial charge in [-0.3, -0.25) is 9.69 Å². The quantitative estimate of drug-likeness (QED) is 0.561. The number of piperidine rings is 1. The summed E-state index contributed by atoms with van der Waals surface area (Å²) >= 11 is 0. The van der Waals surface area contributed by atoms with Crippen molar-refractivity contribution >= 4 is 23.8 Å². The Bertz CT molecular complexity index is 1030. The van der Waals surface area contributed by atoms with Gasteiger partial charge in [0.25, 0.3) is 0 Å². The monoisotopic (exact) mass is 461 g/mol. The first-order chi connectivity index (χ1) is 15.0. The summed E-state index contributed by atoms with van der Waals surface area (Å²) in [4.78, 5) is 15.4. The molecule has 2 aromatic carbocycles. The van der Waals surface area contributed by atoms with Crippen LogP contribution in [0, 0.1) is 0 Å². The molecular formula is C24H28ClNO6. The molecule has 1 saturated heterocycles. The second-order valence-corrected chi connectivity index (χ2v) is 7.95. The number of ether oxygens (including phenoxy) is 2. The van der Waals surface area contributed by atoms with Gasteiger partial charge in [-0.25, -0.2) is 0 Å². The standard InChI is InChI=1S/C24H27NO6.ClH/c1-30-24-18(15-5-6-19(26)20(27)13-15)12-16-11-17(14-21(28)22(16)23(24)29)31-10-9-25-7-3-2-4-8-25;/h5-6,11,13-14,26-28H,2-4,7-10,12H2,1H3;1H. The molecule has 4 rings (SSSR count). The van der Waals surface area contributed by atoms with Crippen molar-refractivity contribution in [1.29, 1.82) is 0 Å². The predicted octanol–water partition coefficient (Wildman–Crippen LogP) is 3.89. The summed E-state index contributed by atoms with van der Waals surface area (Å²) in [6.45, 7) is 3.49. The number of hydrogen-bond donors (Lipinski definition) is 3. The van der Waals surface area contributed by atoms with Crippen LogP contribution < -0.4 is 4.74 Å². The summed E-state index contributed by atoms with van der Waals surface area (Å²) in [6, 6.07) is 7.61. The van der Waals surface area contributed by atoms with E-state index in [9.17, 15) is 20.1 Å². The highest BCUT2D eigenvalue weighted by Gasteiger charge is 2.31. The van der Waals surface area contributed by atoms with Gasteiger partial charge in [0.2, 0.25) is 5.78 Å². The lowest BCUT2D eigenvalue weighted by molar-refractivity contribution is 0.0948. The number of likely N-dealkylation sites (tertiary alicyclic amines) is 1. The van der Waals surface area contributed by atoms with Crippen molar-refractivity contribution in [1.82, 2.24) is 4.90 Å². The van der Waals surface area contributed by atoms with Gasteiger partial charge in [-0.1, -0.05) is 12.5 Å². The third-order valence-corrected chi connectivity index (χ3v) is 5.90. The molecule has 0 aromatic heterocycles. The van der Waals surface area contributed by atoms with Crippen LogP contribution in [-0.4, -0.2) is 59.4 Å². The van der Waals surface area contributed by atoms with E-state index in [1.165, 1.54) is 44.6 Å². The largest absolute Gasteiger partial charge is 0.507 e. The number of halogens is 1. The van der Waals surface area contributed by atoms with Gasteiger partial charge in [0.05, 0.1) is 12.7 Å². The summed E-state index contributed by atoms with van der Waals surface area (Å²) in [6.07, 6.45) is 4.02. The third-order valence-electron chi connectivity index (χ3n) is 5.90. The number of ketones is 1. The first-order valence-electron chi connectivity index (χ1n) is 10.5. The van der Waals surface area contributed by atoms with Crippen LogP contribution in [0.1, 0.15) is 40.7 Å². The van der Waals surface area contributed by atoms with Gasteiger partial charge < -0.3 is 24.8 Å². The number of methoxy groups -OCH3 is 1. The normalized spacial score (nSPS) is 16.3. The molecule has 1 heterocycles. The maximum absolute atomic E-state index is 13.0. The maximum atomic E-state index is 13.0. The highest BCUT2D eigenvalue weighted by atomic mass is 35.5. The number of phenols is 3. The van der Waals surface area contributed by atoms with Crippen molar-refractivity contribution in [3.8, 4) is 23.0 Å². The van der Waals surface area contributed by atoms with Gasteiger partial charge in [0.1, 0.15) is 18.1 Å². The number of Topliss-reactive ketones (excluding diaryl/α,β-unsaturated/α-hetero) is 1. The average Bonchev–Trinajstić information content (AvgIpc) is 2.76. The molecule has 0 saturated carbocycles. The third kappa shape index (κ3) is 4.79. The van der Waals surface area contributed by atoms with Crippen molar-refractivity contribution < 1.29 is 29.6 Å². The molecule has 1 aliphatic carbocycles. The minimum atomic E-state index is -0.427. The Balaban J connectivity index is 0.00000289. The summed E-state index contributed by atoms with van der Waals surface area (Å²) in [5.74, 6) is -0.480. The fourth-order valence-electron chi connectivity index (χ4n) is 4.30. The number of fused-ring (bicyclic) bond motifs is 1. The van der Waals surface area contributed by atoms with E-state index in [2.05, 4.69) is 4.90 Å². The Morgan fingerprint density at radius 1 is 0.969 bits per heavy atom. The zero-order valence-corrected chi connectivity index (χ0v) is 18.8. The summed E-state index contributed by atoms with van der Waals surface area (Å²) < 4.78 is 11.2. The van der Waals surface area contributed by atoms with E-state index >= 15 is 0 Å². The first-order valence-corrected chi connectivity index (χ1v) is 10.5. The van der Waals surface area contributed by atoms with Crippen molar-refractivity contribution in [2.24, 2.45) is 0 Å². The summed E-state index contributed by atoms with van der Waals surface area (Å²) in [5, 5.41) is 30.0. The molecule has 0 atom stereocenters. The zero-order valence-electron chi connectivity index (χ0n) is 18.0. The van der Waals surface area contributed by atoms with Gasteiger partial charge in [-0.2, -0.15) is 0 Å². The van der Waals surface area contributed by atoms with Crippen LogP contribution in [0.25, 0.3) is 5.57 Å². The minimum absolute atomic E-state index is 0. The van der Waals surface area contributed by atoms with Gasteiger partial charge in [-0.05, 0) is 55.3 Å². The van der Waals surface area contributed by atoms with E-state index in [0.29, 0.717) is 35.5 Å². The highest BCUT2D eigenvalue weighted by molar-refractivity contribution is 6.16. The Kier molecular flexibility index (Phi) is 7.53. The van der Waals surface area contributed by atoms with Crippen LogP contribution in [0.4, 0.5) is 0 Å². The van der Waals surface area contributed by atoms with Gasteiger partial charge in [0.15, 0.2) is 17.3 Å². The molecule has 7 nitrogen and oxygen atoms in total. The molecule has 0 radical (unpaired) electrons. The number of carbonyl (C=O) groups is 1. The molecule has 172 valence electrons. The number of aromatic hydroxyl groups is 3. The van der Waals surface area contributed by atoms with E-state index in [1.807, 2.05) is 0 Å². The molecule has 1 fully saturated rings. The second-order valence-electron chi connectivity index (χ2n) is 7.95. The van der Waals surface area contributed by atoms with Crippen molar-refractivity contribution in [3.63, 3.8) is 0 Å². The van der Waals surface area contributed by atoms with E-state index in [1.54, 1.807) is 12.1 Å². The van der Waals surface area contributed by atoms with Crippen molar-refractivity contribution in [2.45, 2.75) is 25.7 Å². The number of hydrogen-bond acceptors (Lipinski definition) is 7. The van der Waals surface area contributed by atoms with Crippen LogP contribution in [0.2, 0.25) is 0 Å². The lowest BCUT2D eigenvalue weighted by Gasteiger charge is -2.26. The Hall–Kier alpha value is -2.90. The number of carbonyl (C=O) groups excluding carboxylic acids is 1. The molecular weight excluding hydrogens is 434 g/mol. The topological polar surface area (TPSA) is 99.5 Å². The zero-order chi connectivity index (χ0) is 22.0. The van der Waals surface area contributed by atoms with E-state index in [0.717, 1.165) is 19.6 Å². The first kappa shape index (κ1) is 23.8. The Morgan fingerprint density at radius 3 is 2.41 bits per heavy atom. The molecule has 32 heavy (non-hydrogen) atoms. The molecule has 2 aliphatic rings. The predicted molar refractivity (Wildman–Crippen MR) is 123 cm³/mol. The molecule has 0 amide bonds. The Morgan fingerprint density at radius 2 is 1.72 bits per heavy atom. The average molecular weight is 462 g/mol. The second kappa shape index (κ2) is 10.1. The number of benzene rings is 2. The van der Waals surface area contributed by atoms with E-state index < -0.39 is 5.78 Å². The lowest BCUT2D eigenvalue weighted by Crippen LogP contribution is -2.33. The van der Waals surface area contributed by atoms with E-state index in [4.69, 9.17) is 9.47 Å². The summed E-state index contributed by atoms with van der Waals surface area (Å²) in [5.41, 5.74) is 1.95. The molecule has 3 N–H and O–H groups in total. The number of rotatable bonds is 6. The van der Waals surface area contributed by atoms with E-state index in [-0.39, 0.29) is 41.0 Å². The van der Waals surface area contributed by atoms with Crippen LogP contribution >= 0.6 is 12.4 Å².